The molecule has 0 amide bonds. The molecule has 2 aliphatic rings. The van der Waals surface area contributed by atoms with Crippen molar-refractivity contribution in [2.75, 3.05) is 0 Å². The van der Waals surface area contributed by atoms with Gasteiger partial charge in [-0.15, -0.1) is 0 Å². The van der Waals surface area contributed by atoms with Crippen LogP contribution in [0.4, 0.5) is 0 Å². The number of hydrogen-bond acceptors (Lipinski definition) is 2. The summed E-state index contributed by atoms with van der Waals surface area (Å²) in [5, 5.41) is 9.12. The molecule has 1 aliphatic carbocycles. The highest BCUT2D eigenvalue weighted by atomic mass is 16.5. The zero-order chi connectivity index (χ0) is 10.2. The highest BCUT2D eigenvalue weighted by Crippen LogP contribution is 2.47. The molecule has 1 saturated carbocycles. The second-order valence-corrected chi connectivity index (χ2v) is 5.49. The molecule has 0 N–H and O–H groups in total. The molecule has 2 fully saturated rings. The van der Waals surface area contributed by atoms with Gasteiger partial charge in [-0.25, -0.2) is 0 Å². The lowest BCUT2D eigenvalue weighted by molar-refractivity contribution is -0.0381. The number of nitriles is 1. The van der Waals surface area contributed by atoms with Gasteiger partial charge in [-0.3, -0.25) is 0 Å². The largest absolute Gasteiger partial charge is 0.372 e. The number of rotatable bonds is 2. The number of ether oxygens (including phenoxy) is 1. The maximum Gasteiger partial charge on any atom is 0.0690 e. The smallest absolute Gasteiger partial charge is 0.0690 e. The fourth-order valence-electron chi connectivity index (χ4n) is 2.62. The monoisotopic (exact) mass is 193 g/mol. The normalized spacial score (nSPS) is 33.4. The van der Waals surface area contributed by atoms with Crippen LogP contribution in [0.1, 0.15) is 52.4 Å². The van der Waals surface area contributed by atoms with E-state index in [0.717, 1.165) is 32.1 Å². The summed E-state index contributed by atoms with van der Waals surface area (Å²) in [5.74, 6) is 0. The lowest BCUT2D eigenvalue weighted by Crippen LogP contribution is -2.32. The third-order valence-corrected chi connectivity index (χ3v) is 3.72. The van der Waals surface area contributed by atoms with Crippen molar-refractivity contribution in [3.63, 3.8) is 0 Å². The standard InChI is InChI=1S/C12H19NO/c1-11(2)7-4-10(14-11)8-12(9-13)5-3-6-12/h10H,3-8H2,1-2H3. The summed E-state index contributed by atoms with van der Waals surface area (Å²) in [6.45, 7) is 4.29. The van der Waals surface area contributed by atoms with Crippen molar-refractivity contribution >= 4 is 0 Å². The summed E-state index contributed by atoms with van der Waals surface area (Å²) in [6.07, 6.45) is 6.98. The van der Waals surface area contributed by atoms with Crippen LogP contribution >= 0.6 is 0 Å². The van der Waals surface area contributed by atoms with Crippen LogP contribution in [0.2, 0.25) is 0 Å². The molecular weight excluding hydrogens is 174 g/mol. The van der Waals surface area contributed by atoms with Gasteiger partial charge >= 0.3 is 0 Å². The molecule has 14 heavy (non-hydrogen) atoms. The molecule has 0 aromatic heterocycles. The van der Waals surface area contributed by atoms with Gasteiger partial charge in [0.1, 0.15) is 0 Å². The van der Waals surface area contributed by atoms with Crippen molar-refractivity contribution in [3.8, 4) is 6.07 Å². The van der Waals surface area contributed by atoms with Crippen LogP contribution in [0.25, 0.3) is 0 Å². The van der Waals surface area contributed by atoms with Gasteiger partial charge in [-0.05, 0) is 46.0 Å². The van der Waals surface area contributed by atoms with Gasteiger partial charge in [0.15, 0.2) is 0 Å². The van der Waals surface area contributed by atoms with E-state index in [1.54, 1.807) is 0 Å². The van der Waals surface area contributed by atoms with E-state index in [4.69, 9.17) is 10.00 Å². The molecule has 1 unspecified atom stereocenters. The lowest BCUT2D eigenvalue weighted by atomic mass is 9.66. The molecule has 0 spiro atoms. The van der Waals surface area contributed by atoms with Crippen molar-refractivity contribution in [3.05, 3.63) is 0 Å². The predicted octanol–water partition coefficient (Wildman–Crippen LogP) is 3.03. The third kappa shape index (κ3) is 1.79. The lowest BCUT2D eigenvalue weighted by Gasteiger charge is -2.37. The van der Waals surface area contributed by atoms with Crippen molar-refractivity contribution in [1.29, 1.82) is 5.26 Å². The fourth-order valence-corrected chi connectivity index (χ4v) is 2.62. The van der Waals surface area contributed by atoms with E-state index in [-0.39, 0.29) is 11.0 Å². The minimum atomic E-state index is -0.0227. The van der Waals surface area contributed by atoms with Crippen LogP contribution in [0.5, 0.6) is 0 Å². The van der Waals surface area contributed by atoms with E-state index in [1.807, 2.05) is 0 Å². The van der Waals surface area contributed by atoms with Crippen molar-refractivity contribution < 1.29 is 4.74 Å². The first kappa shape index (κ1) is 9.98. The summed E-state index contributed by atoms with van der Waals surface area (Å²) in [6, 6.07) is 2.49. The third-order valence-electron chi connectivity index (χ3n) is 3.72. The zero-order valence-electron chi connectivity index (χ0n) is 9.18. The van der Waals surface area contributed by atoms with E-state index in [2.05, 4.69) is 19.9 Å². The average Bonchev–Trinajstić information content (AvgIpc) is 2.38. The highest BCUT2D eigenvalue weighted by Gasteiger charge is 2.42. The Balaban J connectivity index is 1.90. The predicted molar refractivity (Wildman–Crippen MR) is 54.7 cm³/mol. The Kier molecular flexibility index (Phi) is 2.31. The van der Waals surface area contributed by atoms with Crippen LogP contribution < -0.4 is 0 Å². The van der Waals surface area contributed by atoms with Crippen LogP contribution in [0.3, 0.4) is 0 Å². The Bertz CT molecular complexity index is 260. The molecule has 1 atom stereocenters. The molecular formula is C12H19NO. The highest BCUT2D eigenvalue weighted by molar-refractivity contribution is 5.06. The summed E-state index contributed by atoms with van der Waals surface area (Å²) < 4.78 is 5.93. The Labute approximate surface area is 86.2 Å². The van der Waals surface area contributed by atoms with Gasteiger partial charge in [0.05, 0.1) is 23.2 Å². The second kappa shape index (κ2) is 3.24. The van der Waals surface area contributed by atoms with Crippen molar-refractivity contribution in [2.24, 2.45) is 5.41 Å². The first-order valence-electron chi connectivity index (χ1n) is 5.64. The van der Waals surface area contributed by atoms with E-state index < -0.39 is 0 Å². The summed E-state index contributed by atoms with van der Waals surface area (Å²) in [7, 11) is 0. The minimum absolute atomic E-state index is 0.0227. The first-order chi connectivity index (χ1) is 6.55. The van der Waals surface area contributed by atoms with E-state index >= 15 is 0 Å². The maximum atomic E-state index is 9.12. The molecule has 1 heterocycles. The van der Waals surface area contributed by atoms with Gasteiger partial charge in [0.2, 0.25) is 0 Å². The first-order valence-corrected chi connectivity index (χ1v) is 5.64. The summed E-state index contributed by atoms with van der Waals surface area (Å²) >= 11 is 0. The average molecular weight is 193 g/mol. The Hall–Kier alpha value is -0.550. The van der Waals surface area contributed by atoms with E-state index in [9.17, 15) is 0 Å². The molecule has 2 heteroatoms. The van der Waals surface area contributed by atoms with Gasteiger partial charge in [0.25, 0.3) is 0 Å². The molecule has 0 aromatic carbocycles. The van der Waals surface area contributed by atoms with E-state index in [0.29, 0.717) is 6.10 Å². The van der Waals surface area contributed by atoms with Crippen LogP contribution in [0, 0.1) is 16.7 Å². The topological polar surface area (TPSA) is 33.0 Å². The van der Waals surface area contributed by atoms with Crippen LogP contribution in [0.15, 0.2) is 0 Å². The molecule has 0 bridgehead atoms. The molecule has 0 aromatic rings. The molecule has 1 aliphatic heterocycles. The van der Waals surface area contributed by atoms with Gasteiger partial charge in [-0.1, -0.05) is 6.42 Å². The Morgan fingerprint density at radius 3 is 2.43 bits per heavy atom. The molecule has 0 radical (unpaired) electrons. The van der Waals surface area contributed by atoms with Crippen LogP contribution in [-0.2, 0) is 4.74 Å². The quantitative estimate of drug-likeness (QED) is 0.675. The fraction of sp³-hybridized carbons (Fsp3) is 0.917. The SMILES string of the molecule is CC1(C)CCC(CC2(C#N)CCC2)O1. The van der Waals surface area contributed by atoms with Gasteiger partial charge in [0, 0.05) is 0 Å². The minimum Gasteiger partial charge on any atom is -0.372 e. The summed E-state index contributed by atoms with van der Waals surface area (Å²) in [4.78, 5) is 0. The van der Waals surface area contributed by atoms with Gasteiger partial charge in [-0.2, -0.15) is 5.26 Å². The van der Waals surface area contributed by atoms with Gasteiger partial charge < -0.3 is 4.74 Å². The molecule has 1 saturated heterocycles. The van der Waals surface area contributed by atoms with Crippen molar-refractivity contribution in [1.82, 2.24) is 0 Å². The number of hydrogen-bond donors (Lipinski definition) is 0. The second-order valence-electron chi connectivity index (χ2n) is 5.49. The molecule has 78 valence electrons. The maximum absolute atomic E-state index is 9.12. The van der Waals surface area contributed by atoms with Crippen molar-refractivity contribution in [2.45, 2.75) is 64.1 Å². The van der Waals surface area contributed by atoms with Crippen LogP contribution in [-0.4, -0.2) is 11.7 Å². The number of nitrogens with zero attached hydrogens (tertiary/aromatic N) is 1. The molecule has 2 rings (SSSR count). The molecule has 2 nitrogen and oxygen atoms in total. The Morgan fingerprint density at radius 2 is 2.07 bits per heavy atom. The zero-order valence-corrected chi connectivity index (χ0v) is 9.18. The van der Waals surface area contributed by atoms with E-state index in [1.165, 1.54) is 6.42 Å². The summed E-state index contributed by atoms with van der Waals surface area (Å²) in [5.41, 5.74) is 0.0240. The Morgan fingerprint density at radius 1 is 1.36 bits per heavy atom.